The molecule has 3 aromatic rings. The molecule has 0 unspecified atom stereocenters. The molecule has 3 heterocycles. The van der Waals surface area contributed by atoms with Crippen molar-refractivity contribution < 1.29 is 9.59 Å². The van der Waals surface area contributed by atoms with Crippen molar-refractivity contribution in [2.45, 2.75) is 18.1 Å². The summed E-state index contributed by atoms with van der Waals surface area (Å²) in [7, 11) is 1.75. The number of aromatic nitrogens is 4. The van der Waals surface area contributed by atoms with E-state index >= 15 is 0 Å². The number of carbonyl (C=O) groups is 2. The lowest BCUT2D eigenvalue weighted by Gasteiger charge is -2.10. The van der Waals surface area contributed by atoms with E-state index in [1.165, 1.54) is 11.8 Å². The summed E-state index contributed by atoms with van der Waals surface area (Å²) < 4.78 is 1.69. The van der Waals surface area contributed by atoms with Crippen LogP contribution in [0.1, 0.15) is 20.8 Å². The summed E-state index contributed by atoms with van der Waals surface area (Å²) >= 11 is 2.96. The Balaban J connectivity index is 1.43. The van der Waals surface area contributed by atoms with Crippen LogP contribution < -0.4 is 4.90 Å². The quantitative estimate of drug-likeness (QED) is 0.478. The predicted octanol–water partition coefficient (Wildman–Crippen LogP) is 2.28. The summed E-state index contributed by atoms with van der Waals surface area (Å²) in [6.07, 6.45) is 0.346. The lowest BCUT2D eigenvalue weighted by molar-refractivity contribution is -0.117. The van der Waals surface area contributed by atoms with E-state index in [2.05, 4.69) is 15.5 Å². The molecule has 26 heavy (non-hydrogen) atoms. The van der Waals surface area contributed by atoms with Gasteiger partial charge in [0.25, 0.3) is 0 Å². The van der Waals surface area contributed by atoms with Crippen molar-refractivity contribution >= 4 is 40.5 Å². The maximum Gasteiger partial charge on any atom is 0.231 e. The smallest absolute Gasteiger partial charge is 0.231 e. The first-order valence-corrected chi connectivity index (χ1v) is 9.82. The summed E-state index contributed by atoms with van der Waals surface area (Å²) in [6.45, 7) is 0.592. The van der Waals surface area contributed by atoms with Crippen LogP contribution in [0.4, 0.5) is 5.69 Å². The molecule has 132 valence electrons. The summed E-state index contributed by atoms with van der Waals surface area (Å²) in [5.74, 6) is 0.283. The second kappa shape index (κ2) is 7.00. The Morgan fingerprint density at radius 2 is 2.23 bits per heavy atom. The van der Waals surface area contributed by atoms with Crippen molar-refractivity contribution in [1.29, 1.82) is 0 Å². The van der Waals surface area contributed by atoms with Crippen LogP contribution in [0.2, 0.25) is 0 Å². The van der Waals surface area contributed by atoms with Crippen molar-refractivity contribution in [2.24, 2.45) is 0 Å². The molecule has 2 aromatic heterocycles. The van der Waals surface area contributed by atoms with Gasteiger partial charge in [-0.3, -0.25) is 9.59 Å². The van der Waals surface area contributed by atoms with Gasteiger partial charge < -0.3 is 4.90 Å². The van der Waals surface area contributed by atoms with Crippen LogP contribution in [0, 0.1) is 0 Å². The fourth-order valence-corrected chi connectivity index (χ4v) is 4.26. The van der Waals surface area contributed by atoms with Gasteiger partial charge in [0.05, 0.1) is 18.7 Å². The van der Waals surface area contributed by atoms with Gasteiger partial charge in [-0.05, 0) is 45.6 Å². The van der Waals surface area contributed by atoms with E-state index in [4.69, 9.17) is 0 Å². The largest absolute Gasteiger partial charge is 0.315 e. The van der Waals surface area contributed by atoms with Crippen molar-refractivity contribution in [3.05, 3.63) is 51.7 Å². The van der Waals surface area contributed by atoms with Gasteiger partial charge in [0, 0.05) is 23.2 Å². The van der Waals surface area contributed by atoms with Gasteiger partial charge in [-0.25, -0.2) is 4.68 Å². The number of thioether (sulfide) groups is 1. The minimum Gasteiger partial charge on any atom is -0.315 e. The molecule has 0 saturated heterocycles. The molecule has 0 N–H and O–H groups in total. The van der Waals surface area contributed by atoms with Gasteiger partial charge >= 0.3 is 0 Å². The van der Waals surface area contributed by atoms with Gasteiger partial charge in [0.1, 0.15) is 0 Å². The third-order valence-corrected chi connectivity index (χ3v) is 6.01. The Labute approximate surface area is 158 Å². The average Bonchev–Trinajstić information content (AvgIpc) is 3.36. The highest BCUT2D eigenvalue weighted by Gasteiger charge is 2.24. The molecule has 4 rings (SSSR count). The number of hydrogen-bond donors (Lipinski definition) is 0. The first kappa shape index (κ1) is 16.9. The van der Waals surface area contributed by atoms with Crippen molar-refractivity contribution in [3.8, 4) is 0 Å². The number of rotatable bonds is 6. The van der Waals surface area contributed by atoms with Gasteiger partial charge in [-0.1, -0.05) is 17.8 Å². The third kappa shape index (κ3) is 3.27. The molecule has 0 spiro atoms. The SMILES string of the molecule is CN1C(=O)Cc2cc(C(=O)CSc3nnnn3Cc3cccs3)ccc21. The Hall–Kier alpha value is -2.52. The Morgan fingerprint density at radius 1 is 1.35 bits per heavy atom. The molecule has 0 bridgehead atoms. The number of Topliss-reactive ketones (excluding diaryl/α,β-unsaturated/α-hetero) is 1. The summed E-state index contributed by atoms with van der Waals surface area (Å²) in [4.78, 5) is 27.1. The number of benzene rings is 1. The minimum atomic E-state index is -0.00882. The monoisotopic (exact) mass is 385 g/mol. The molecule has 1 aliphatic heterocycles. The second-order valence-electron chi connectivity index (χ2n) is 5.88. The van der Waals surface area contributed by atoms with Gasteiger partial charge in [-0.15, -0.1) is 16.4 Å². The third-order valence-electron chi connectivity index (χ3n) is 4.20. The number of thiophene rings is 1. The second-order valence-corrected chi connectivity index (χ2v) is 7.86. The lowest BCUT2D eigenvalue weighted by atomic mass is 10.1. The highest BCUT2D eigenvalue weighted by molar-refractivity contribution is 7.99. The number of ketones is 1. The number of carbonyl (C=O) groups excluding carboxylic acids is 2. The summed E-state index contributed by atoms with van der Waals surface area (Å²) in [5, 5.41) is 14.3. The first-order valence-electron chi connectivity index (χ1n) is 7.96. The average molecular weight is 385 g/mol. The number of likely N-dealkylation sites (N-methyl/N-ethyl adjacent to an activating group) is 1. The molecular formula is C17H15N5O2S2. The maximum absolute atomic E-state index is 12.5. The number of hydrogen-bond acceptors (Lipinski definition) is 7. The zero-order valence-electron chi connectivity index (χ0n) is 14.0. The fraction of sp³-hybridized carbons (Fsp3) is 0.235. The van der Waals surface area contributed by atoms with E-state index in [-0.39, 0.29) is 17.4 Å². The summed E-state index contributed by atoms with van der Waals surface area (Å²) in [5.41, 5.74) is 2.38. The van der Waals surface area contributed by atoms with Crippen LogP contribution in [0.25, 0.3) is 0 Å². The molecular weight excluding hydrogens is 370 g/mol. The Bertz CT molecular complexity index is 967. The van der Waals surface area contributed by atoms with Gasteiger partial charge in [0.15, 0.2) is 5.78 Å². The molecule has 0 saturated carbocycles. The van der Waals surface area contributed by atoms with E-state index in [0.29, 0.717) is 23.7 Å². The molecule has 0 fully saturated rings. The molecule has 0 aliphatic carbocycles. The molecule has 1 amide bonds. The van der Waals surface area contributed by atoms with Crippen LogP contribution in [0.15, 0.2) is 40.9 Å². The van der Waals surface area contributed by atoms with E-state index in [1.54, 1.807) is 34.0 Å². The molecule has 7 nitrogen and oxygen atoms in total. The molecule has 1 aromatic carbocycles. The Kier molecular flexibility index (Phi) is 4.56. The van der Waals surface area contributed by atoms with E-state index in [9.17, 15) is 9.59 Å². The lowest BCUT2D eigenvalue weighted by Crippen LogP contribution is -2.20. The zero-order chi connectivity index (χ0) is 18.1. The minimum absolute atomic E-state index is 0.00882. The van der Waals surface area contributed by atoms with Crippen LogP contribution in [-0.2, 0) is 17.8 Å². The van der Waals surface area contributed by atoms with Gasteiger partial charge in [0.2, 0.25) is 11.1 Å². The normalized spacial score (nSPS) is 13.3. The molecule has 0 radical (unpaired) electrons. The van der Waals surface area contributed by atoms with Crippen molar-refractivity contribution in [2.75, 3.05) is 17.7 Å². The van der Waals surface area contributed by atoms with Crippen molar-refractivity contribution in [1.82, 2.24) is 20.2 Å². The van der Waals surface area contributed by atoms with Gasteiger partial charge in [-0.2, -0.15) is 0 Å². The number of anilines is 1. The fourth-order valence-electron chi connectivity index (χ4n) is 2.81. The highest BCUT2D eigenvalue weighted by Crippen LogP contribution is 2.29. The van der Waals surface area contributed by atoms with E-state index < -0.39 is 0 Å². The molecule has 1 aliphatic rings. The van der Waals surface area contributed by atoms with E-state index in [1.807, 2.05) is 29.6 Å². The number of tetrazole rings is 1. The van der Waals surface area contributed by atoms with Crippen LogP contribution in [0.3, 0.4) is 0 Å². The summed E-state index contributed by atoms with van der Waals surface area (Å²) in [6, 6.07) is 9.42. The Morgan fingerprint density at radius 3 is 3.04 bits per heavy atom. The van der Waals surface area contributed by atoms with E-state index in [0.717, 1.165) is 16.1 Å². The van der Waals surface area contributed by atoms with Crippen molar-refractivity contribution in [3.63, 3.8) is 0 Å². The standard InChI is InChI=1S/C17H15N5O2S2/c1-21-14-5-4-11(7-12(14)8-16(21)24)15(23)10-26-17-18-19-20-22(17)9-13-3-2-6-25-13/h2-7H,8-10H2,1H3. The van der Waals surface area contributed by atoms with Crippen LogP contribution >= 0.6 is 23.1 Å². The van der Waals surface area contributed by atoms with Crippen LogP contribution in [-0.4, -0.2) is 44.7 Å². The number of fused-ring (bicyclic) bond motifs is 1. The molecule has 9 heteroatoms. The topological polar surface area (TPSA) is 81.0 Å². The zero-order valence-corrected chi connectivity index (χ0v) is 15.6. The van der Waals surface area contributed by atoms with Crippen LogP contribution in [0.5, 0.6) is 0 Å². The first-order chi connectivity index (χ1) is 12.6. The molecule has 0 atom stereocenters. The highest BCUT2D eigenvalue weighted by atomic mass is 32.2. The number of amides is 1. The number of nitrogens with zero attached hydrogens (tertiary/aromatic N) is 5. The maximum atomic E-state index is 12.5. The predicted molar refractivity (Wildman–Crippen MR) is 99.8 cm³/mol.